The average molecular weight is 391 g/mol. The molecule has 0 unspecified atom stereocenters. The van der Waals surface area contributed by atoms with Crippen molar-refractivity contribution in [2.45, 2.75) is 0 Å². The van der Waals surface area contributed by atoms with Crippen molar-refractivity contribution in [3.8, 4) is 5.75 Å². The van der Waals surface area contributed by atoms with Crippen LogP contribution in [-0.2, 0) is 4.79 Å². The van der Waals surface area contributed by atoms with E-state index >= 15 is 0 Å². The molecule has 0 aliphatic rings. The quantitative estimate of drug-likeness (QED) is 0.790. The lowest BCUT2D eigenvalue weighted by molar-refractivity contribution is -0.129. The molecular weight excluding hydrogens is 372 g/mol. The van der Waals surface area contributed by atoms with E-state index in [4.69, 9.17) is 4.74 Å². The van der Waals surface area contributed by atoms with Gasteiger partial charge in [-0.3, -0.25) is 9.59 Å². The number of hydrogen-bond donors (Lipinski definition) is 1. The summed E-state index contributed by atoms with van der Waals surface area (Å²) in [4.78, 5) is 25.6. The monoisotopic (exact) mass is 390 g/mol. The topological polar surface area (TPSA) is 58.6 Å². The molecule has 6 heteroatoms. The van der Waals surface area contributed by atoms with Gasteiger partial charge in [0.2, 0.25) is 5.91 Å². The van der Waals surface area contributed by atoms with Crippen molar-refractivity contribution in [3.63, 3.8) is 0 Å². The van der Waals surface area contributed by atoms with Gasteiger partial charge < -0.3 is 15.0 Å². The highest BCUT2D eigenvalue weighted by Gasteiger charge is 2.12. The van der Waals surface area contributed by atoms with Crippen LogP contribution in [0.2, 0.25) is 0 Å². The molecule has 0 spiro atoms. The summed E-state index contributed by atoms with van der Waals surface area (Å²) in [5.41, 5.74) is 0.507. The maximum Gasteiger partial charge on any atom is 0.251 e. The molecule has 0 bridgehead atoms. The number of halogens is 1. The Balaban J connectivity index is 1.72. The molecule has 0 aliphatic heterocycles. The molecule has 2 aromatic rings. The number of rotatable bonds is 7. The first-order chi connectivity index (χ1) is 11.6. The van der Waals surface area contributed by atoms with Gasteiger partial charge in [-0.25, -0.2) is 0 Å². The second-order valence-corrected chi connectivity index (χ2v) is 6.09. The molecule has 0 heterocycles. The molecule has 0 saturated heterocycles. The van der Waals surface area contributed by atoms with E-state index in [0.717, 1.165) is 10.2 Å². The lowest BCUT2D eigenvalue weighted by atomic mass is 10.2. The number of nitrogens with one attached hydrogen (secondary N) is 1. The first kappa shape index (κ1) is 18.0. The van der Waals surface area contributed by atoms with Crippen molar-refractivity contribution in [2.24, 2.45) is 0 Å². The molecule has 2 amide bonds. The van der Waals surface area contributed by atoms with Crippen molar-refractivity contribution in [1.29, 1.82) is 0 Å². The second-order valence-electron chi connectivity index (χ2n) is 5.17. The van der Waals surface area contributed by atoms with Gasteiger partial charge in [0.15, 0.2) is 0 Å². The number of para-hydroxylation sites is 1. The molecule has 0 aliphatic carbocycles. The summed E-state index contributed by atoms with van der Waals surface area (Å²) >= 11 is 3.31. The SMILES string of the molecule is CN(CCOc1ccccc1)C(=O)CNC(=O)c1cccc(Br)c1. The minimum atomic E-state index is -0.279. The van der Waals surface area contributed by atoms with Crippen LogP contribution < -0.4 is 10.1 Å². The van der Waals surface area contributed by atoms with Crippen LogP contribution in [-0.4, -0.2) is 43.5 Å². The lowest BCUT2D eigenvalue weighted by Gasteiger charge is -2.17. The summed E-state index contributed by atoms with van der Waals surface area (Å²) in [6, 6.07) is 16.4. The number of nitrogens with zero attached hydrogens (tertiary/aromatic N) is 1. The summed E-state index contributed by atoms with van der Waals surface area (Å²) in [5, 5.41) is 2.62. The Labute approximate surface area is 149 Å². The van der Waals surface area contributed by atoms with E-state index in [2.05, 4.69) is 21.2 Å². The van der Waals surface area contributed by atoms with E-state index in [-0.39, 0.29) is 18.4 Å². The third kappa shape index (κ3) is 5.70. The Morgan fingerprint density at radius 3 is 2.58 bits per heavy atom. The molecule has 0 fully saturated rings. The molecule has 126 valence electrons. The number of amides is 2. The van der Waals surface area contributed by atoms with Crippen LogP contribution in [0.5, 0.6) is 5.75 Å². The Bertz CT molecular complexity index is 692. The number of hydrogen-bond acceptors (Lipinski definition) is 3. The fraction of sp³-hybridized carbons (Fsp3) is 0.222. The second kappa shape index (κ2) is 9.08. The average Bonchev–Trinajstić information content (AvgIpc) is 2.60. The number of benzene rings is 2. The van der Waals surface area contributed by atoms with Gasteiger partial charge >= 0.3 is 0 Å². The Hall–Kier alpha value is -2.34. The third-order valence-electron chi connectivity index (χ3n) is 3.35. The van der Waals surface area contributed by atoms with Gasteiger partial charge in [-0.05, 0) is 30.3 Å². The standard InChI is InChI=1S/C18H19BrN2O3/c1-21(10-11-24-16-8-3-2-4-9-16)17(22)13-20-18(23)14-6-5-7-15(19)12-14/h2-9,12H,10-11,13H2,1H3,(H,20,23). The van der Waals surface area contributed by atoms with Crippen molar-refractivity contribution >= 4 is 27.7 Å². The van der Waals surface area contributed by atoms with E-state index in [1.165, 1.54) is 4.90 Å². The fourth-order valence-electron chi connectivity index (χ4n) is 1.96. The summed E-state index contributed by atoms with van der Waals surface area (Å²) in [7, 11) is 1.68. The van der Waals surface area contributed by atoms with E-state index in [0.29, 0.717) is 18.7 Å². The highest BCUT2D eigenvalue weighted by atomic mass is 79.9. The van der Waals surface area contributed by atoms with Gasteiger partial charge in [0, 0.05) is 17.1 Å². The van der Waals surface area contributed by atoms with Crippen molar-refractivity contribution in [2.75, 3.05) is 26.7 Å². The predicted octanol–water partition coefficient (Wildman–Crippen LogP) is 2.72. The van der Waals surface area contributed by atoms with Crippen LogP contribution >= 0.6 is 15.9 Å². The van der Waals surface area contributed by atoms with Crippen LogP contribution in [0.3, 0.4) is 0 Å². The van der Waals surface area contributed by atoms with Gasteiger partial charge in [0.05, 0.1) is 13.1 Å². The van der Waals surface area contributed by atoms with Crippen molar-refractivity contribution < 1.29 is 14.3 Å². The summed E-state index contributed by atoms with van der Waals surface area (Å²) in [6.45, 7) is 0.791. The largest absolute Gasteiger partial charge is 0.492 e. The molecule has 24 heavy (non-hydrogen) atoms. The predicted molar refractivity (Wildman–Crippen MR) is 96.0 cm³/mol. The maximum absolute atomic E-state index is 12.0. The van der Waals surface area contributed by atoms with Crippen molar-refractivity contribution in [1.82, 2.24) is 10.2 Å². The number of carbonyl (C=O) groups is 2. The summed E-state index contributed by atoms with van der Waals surface area (Å²) in [6.07, 6.45) is 0. The highest BCUT2D eigenvalue weighted by Crippen LogP contribution is 2.11. The van der Waals surface area contributed by atoms with Gasteiger partial charge in [-0.15, -0.1) is 0 Å². The first-order valence-corrected chi connectivity index (χ1v) is 8.31. The van der Waals surface area contributed by atoms with Gasteiger partial charge in [-0.1, -0.05) is 40.2 Å². The number of carbonyl (C=O) groups excluding carboxylic acids is 2. The molecular formula is C18H19BrN2O3. The Kier molecular flexibility index (Phi) is 6.81. The summed E-state index contributed by atoms with van der Waals surface area (Å²) < 4.78 is 6.36. The van der Waals surface area contributed by atoms with Crippen LogP contribution in [0, 0.1) is 0 Å². The van der Waals surface area contributed by atoms with E-state index < -0.39 is 0 Å². The van der Waals surface area contributed by atoms with Crippen LogP contribution in [0.25, 0.3) is 0 Å². The molecule has 2 rings (SSSR count). The third-order valence-corrected chi connectivity index (χ3v) is 3.84. The number of likely N-dealkylation sites (N-methyl/N-ethyl adjacent to an activating group) is 1. The van der Waals surface area contributed by atoms with Crippen LogP contribution in [0.4, 0.5) is 0 Å². The van der Waals surface area contributed by atoms with E-state index in [9.17, 15) is 9.59 Å². The Morgan fingerprint density at radius 1 is 1.12 bits per heavy atom. The first-order valence-electron chi connectivity index (χ1n) is 7.52. The number of ether oxygens (including phenoxy) is 1. The normalized spacial score (nSPS) is 10.1. The molecule has 0 radical (unpaired) electrons. The molecule has 1 N–H and O–H groups in total. The zero-order valence-electron chi connectivity index (χ0n) is 13.4. The lowest BCUT2D eigenvalue weighted by Crippen LogP contribution is -2.39. The molecule has 5 nitrogen and oxygen atoms in total. The zero-order valence-corrected chi connectivity index (χ0v) is 15.0. The Morgan fingerprint density at radius 2 is 1.88 bits per heavy atom. The van der Waals surface area contributed by atoms with Gasteiger partial charge in [-0.2, -0.15) is 0 Å². The van der Waals surface area contributed by atoms with Crippen molar-refractivity contribution in [3.05, 3.63) is 64.6 Å². The van der Waals surface area contributed by atoms with Gasteiger partial charge in [0.25, 0.3) is 5.91 Å². The smallest absolute Gasteiger partial charge is 0.251 e. The zero-order chi connectivity index (χ0) is 17.4. The highest BCUT2D eigenvalue weighted by molar-refractivity contribution is 9.10. The van der Waals surface area contributed by atoms with E-state index in [1.54, 1.807) is 25.2 Å². The maximum atomic E-state index is 12.0. The van der Waals surface area contributed by atoms with Crippen LogP contribution in [0.15, 0.2) is 59.1 Å². The minimum absolute atomic E-state index is 0.0484. The molecule has 2 aromatic carbocycles. The summed E-state index contributed by atoms with van der Waals surface area (Å²) in [5.74, 6) is 0.315. The van der Waals surface area contributed by atoms with E-state index in [1.807, 2.05) is 36.4 Å². The fourth-order valence-corrected chi connectivity index (χ4v) is 2.36. The molecule has 0 aromatic heterocycles. The minimum Gasteiger partial charge on any atom is -0.492 e. The van der Waals surface area contributed by atoms with Gasteiger partial charge in [0.1, 0.15) is 12.4 Å². The molecule has 0 atom stereocenters. The van der Waals surface area contributed by atoms with Crippen LogP contribution in [0.1, 0.15) is 10.4 Å². The molecule has 0 saturated carbocycles.